The number of nitriles is 1. The van der Waals surface area contributed by atoms with Crippen LogP contribution in [0.15, 0.2) is 48.5 Å². The molecule has 25 heavy (non-hydrogen) atoms. The molecule has 2 aromatic carbocycles. The molecule has 0 radical (unpaired) electrons. The average molecular weight is 344 g/mol. The van der Waals surface area contributed by atoms with Crippen molar-refractivity contribution in [3.8, 4) is 6.07 Å². The maximum absolute atomic E-state index is 12.1. The van der Waals surface area contributed by atoms with Gasteiger partial charge in [-0.05, 0) is 30.2 Å². The smallest absolute Gasteiger partial charge is 0.549 e. The van der Waals surface area contributed by atoms with Gasteiger partial charge in [0.05, 0.1) is 12.5 Å². The number of benzene rings is 2. The summed E-state index contributed by atoms with van der Waals surface area (Å²) in [7, 11) is 0. The van der Waals surface area contributed by atoms with Gasteiger partial charge in [0, 0.05) is 24.0 Å². The Morgan fingerprint density at radius 2 is 1.72 bits per heavy atom. The molecular weight excluding hydrogens is 327 g/mol. The summed E-state index contributed by atoms with van der Waals surface area (Å²) in [6, 6.07) is 15.9. The number of carbonyl (C=O) groups is 2. The molecule has 1 amide bonds. The normalized spacial score (nSPS) is 10.9. The number of carbonyl (C=O) groups excluding carboxylic acids is 2. The Hall–Kier alpha value is -2.13. The minimum absolute atomic E-state index is 0. The van der Waals surface area contributed by atoms with Crippen LogP contribution in [-0.2, 0) is 16.0 Å². The second kappa shape index (κ2) is 10.00. The van der Waals surface area contributed by atoms with Crippen LogP contribution in [-0.4, -0.2) is 11.9 Å². The van der Waals surface area contributed by atoms with Gasteiger partial charge in [0.2, 0.25) is 5.91 Å². The Bertz CT molecular complexity index is 765. The van der Waals surface area contributed by atoms with Gasteiger partial charge in [0.1, 0.15) is 0 Å². The van der Waals surface area contributed by atoms with E-state index in [4.69, 9.17) is 5.26 Å². The van der Waals surface area contributed by atoms with Crippen molar-refractivity contribution in [3.63, 3.8) is 0 Å². The number of hydrogen-bond acceptors (Lipinski definition) is 4. The predicted molar refractivity (Wildman–Crippen MR) is 87.9 cm³/mol. The van der Waals surface area contributed by atoms with Gasteiger partial charge in [-0.15, -0.1) is 0 Å². The third-order valence-electron chi connectivity index (χ3n) is 3.67. The van der Waals surface area contributed by atoms with Gasteiger partial charge in [-0.25, -0.2) is 0 Å². The van der Waals surface area contributed by atoms with Gasteiger partial charge in [-0.1, -0.05) is 42.0 Å². The summed E-state index contributed by atoms with van der Waals surface area (Å²) in [5.41, 5.74) is 2.96. The Balaban J connectivity index is 0.00000312. The Morgan fingerprint density at radius 1 is 1.12 bits per heavy atom. The quantitative estimate of drug-likeness (QED) is 0.675. The molecule has 0 aromatic heterocycles. The minimum atomic E-state index is -1.28. The van der Waals surface area contributed by atoms with E-state index in [1.165, 1.54) is 0 Å². The number of anilines is 1. The van der Waals surface area contributed by atoms with Crippen molar-refractivity contribution in [2.45, 2.75) is 25.7 Å². The van der Waals surface area contributed by atoms with E-state index in [2.05, 4.69) is 5.32 Å². The maximum Gasteiger partial charge on any atom is 1.00 e. The summed E-state index contributed by atoms with van der Waals surface area (Å²) in [5.74, 6) is -2.68. The molecule has 0 aliphatic heterocycles. The van der Waals surface area contributed by atoms with Crippen LogP contribution < -0.4 is 40.0 Å². The number of carboxylic acids is 1. The summed E-state index contributed by atoms with van der Waals surface area (Å²) < 4.78 is 0. The van der Waals surface area contributed by atoms with Crippen LogP contribution in [0, 0.1) is 18.3 Å². The molecule has 2 aromatic rings. The third kappa shape index (κ3) is 6.35. The second-order valence-corrected chi connectivity index (χ2v) is 5.57. The van der Waals surface area contributed by atoms with E-state index in [1.807, 2.05) is 13.0 Å². The van der Waals surface area contributed by atoms with Crippen LogP contribution in [0.3, 0.4) is 0 Å². The first-order chi connectivity index (χ1) is 11.5. The number of nitrogens with one attached hydrogen (secondary N) is 1. The summed E-state index contributed by atoms with van der Waals surface area (Å²) in [6.07, 6.45) is 0.0970. The van der Waals surface area contributed by atoms with Crippen LogP contribution in [0.2, 0.25) is 0 Å². The Labute approximate surface area is 169 Å². The van der Waals surface area contributed by atoms with E-state index in [0.717, 1.165) is 11.1 Å². The number of aryl methyl sites for hydroxylation is 1. The molecule has 0 fully saturated rings. The summed E-state index contributed by atoms with van der Waals surface area (Å²) in [5, 5.41) is 22.7. The molecule has 6 heteroatoms. The molecule has 5 nitrogen and oxygen atoms in total. The van der Waals surface area contributed by atoms with Crippen LogP contribution in [0.5, 0.6) is 0 Å². The molecule has 0 aliphatic carbocycles. The molecule has 0 aliphatic rings. The number of carboxylic acid groups (broad SMARTS) is 1. The molecule has 0 bridgehead atoms. The number of rotatable bonds is 6. The Kier molecular flexibility index (Phi) is 8.36. The van der Waals surface area contributed by atoms with Crippen molar-refractivity contribution in [2.75, 3.05) is 5.32 Å². The van der Waals surface area contributed by atoms with E-state index in [9.17, 15) is 14.7 Å². The van der Waals surface area contributed by atoms with Gasteiger partial charge in [-0.2, -0.15) is 5.26 Å². The van der Waals surface area contributed by atoms with Crippen molar-refractivity contribution in [3.05, 3.63) is 65.2 Å². The second-order valence-electron chi connectivity index (χ2n) is 5.57. The van der Waals surface area contributed by atoms with E-state index in [-0.39, 0.29) is 36.0 Å². The molecule has 0 saturated heterocycles. The van der Waals surface area contributed by atoms with Crippen molar-refractivity contribution in [2.24, 2.45) is 0 Å². The molecule has 122 valence electrons. The zero-order chi connectivity index (χ0) is 17.5. The Morgan fingerprint density at radius 3 is 2.24 bits per heavy atom. The van der Waals surface area contributed by atoms with E-state index >= 15 is 0 Å². The number of nitrogens with zero attached hydrogens (tertiary/aromatic N) is 1. The average Bonchev–Trinajstić information content (AvgIpc) is 2.55. The largest absolute Gasteiger partial charge is 1.00 e. The fraction of sp³-hybridized carbons (Fsp3) is 0.211. The number of aliphatic carboxylic acids is 1. The fourth-order valence-electron chi connectivity index (χ4n) is 2.33. The summed E-state index contributed by atoms with van der Waals surface area (Å²) >= 11 is 0. The monoisotopic (exact) mass is 344 g/mol. The topological polar surface area (TPSA) is 93.0 Å². The van der Waals surface area contributed by atoms with Gasteiger partial charge in [0.15, 0.2) is 0 Å². The predicted octanol–water partition coefficient (Wildman–Crippen LogP) is -1.07. The van der Waals surface area contributed by atoms with Crippen LogP contribution in [0.4, 0.5) is 5.69 Å². The summed E-state index contributed by atoms with van der Waals surface area (Å²) in [6.45, 7) is 1.90. The molecule has 1 unspecified atom stereocenters. The van der Waals surface area contributed by atoms with Gasteiger partial charge >= 0.3 is 29.6 Å². The van der Waals surface area contributed by atoms with Crippen molar-refractivity contribution in [1.82, 2.24) is 0 Å². The molecule has 0 spiro atoms. The first kappa shape index (κ1) is 20.9. The number of hydrogen-bond donors (Lipinski definition) is 1. The van der Waals surface area contributed by atoms with E-state index in [0.29, 0.717) is 17.7 Å². The third-order valence-corrected chi connectivity index (χ3v) is 3.67. The molecule has 0 saturated carbocycles. The maximum atomic E-state index is 12.1. The van der Waals surface area contributed by atoms with E-state index < -0.39 is 17.8 Å². The molecular formula is C19H17N2NaO3. The fourth-order valence-corrected chi connectivity index (χ4v) is 2.33. The van der Waals surface area contributed by atoms with Gasteiger partial charge in [-0.3, -0.25) is 4.79 Å². The minimum Gasteiger partial charge on any atom is -0.549 e. The van der Waals surface area contributed by atoms with E-state index in [1.54, 1.807) is 48.5 Å². The summed E-state index contributed by atoms with van der Waals surface area (Å²) in [4.78, 5) is 23.5. The standard InChI is InChI=1S/C19H18N2O3.Na/c1-13-2-6-15(7-3-13)17(19(23)24)12-18(22)21-16-8-4-14(5-9-16)10-11-20;/h2-9,17H,10,12H2,1H3,(H,21,22)(H,23,24);/q;+1/p-1. The van der Waals surface area contributed by atoms with Crippen molar-refractivity contribution in [1.29, 1.82) is 5.26 Å². The zero-order valence-corrected chi connectivity index (χ0v) is 16.3. The first-order valence-corrected chi connectivity index (χ1v) is 7.52. The molecule has 1 N–H and O–H groups in total. The van der Waals surface area contributed by atoms with Gasteiger partial charge < -0.3 is 15.2 Å². The van der Waals surface area contributed by atoms with Crippen molar-refractivity contribution < 1.29 is 44.3 Å². The SMILES string of the molecule is Cc1ccc(C(CC(=O)Nc2ccc(CC#N)cc2)C(=O)[O-])cc1.[Na+]. The van der Waals surface area contributed by atoms with Crippen molar-refractivity contribution >= 4 is 17.6 Å². The van der Waals surface area contributed by atoms with Crippen LogP contribution in [0.25, 0.3) is 0 Å². The number of amides is 1. The van der Waals surface area contributed by atoms with Crippen LogP contribution in [0.1, 0.15) is 29.0 Å². The van der Waals surface area contributed by atoms with Crippen LogP contribution >= 0.6 is 0 Å². The molecule has 1 atom stereocenters. The molecule has 2 rings (SSSR count). The first-order valence-electron chi connectivity index (χ1n) is 7.52. The van der Waals surface area contributed by atoms with Gasteiger partial charge in [0.25, 0.3) is 0 Å². The molecule has 0 heterocycles. The zero-order valence-electron chi connectivity index (χ0n) is 14.3.